The Labute approximate surface area is 131 Å². The lowest BCUT2D eigenvalue weighted by Crippen LogP contribution is -2.05. The number of rotatable bonds is 6. The maximum atomic E-state index is 9.26. The number of nitriles is 1. The van der Waals surface area contributed by atoms with Gasteiger partial charge in [-0.25, -0.2) is 0 Å². The highest BCUT2D eigenvalue weighted by atomic mass is 16.5. The third-order valence-electron chi connectivity index (χ3n) is 3.75. The highest BCUT2D eigenvalue weighted by molar-refractivity contribution is 5.46. The summed E-state index contributed by atoms with van der Waals surface area (Å²) in [7, 11) is 0. The molecule has 0 spiro atoms. The Bertz CT molecular complexity index is 668. The molecule has 0 aliphatic rings. The molecule has 0 fully saturated rings. The molecule has 4 heteroatoms. The fourth-order valence-electron chi connectivity index (χ4n) is 2.23. The summed E-state index contributed by atoms with van der Waals surface area (Å²) in [4.78, 5) is 0. The van der Waals surface area contributed by atoms with Crippen molar-refractivity contribution in [3.05, 3.63) is 46.8 Å². The zero-order valence-corrected chi connectivity index (χ0v) is 13.6. The number of aryl methyl sites for hydroxylation is 1. The van der Waals surface area contributed by atoms with Crippen LogP contribution in [0.1, 0.15) is 61.6 Å². The van der Waals surface area contributed by atoms with Gasteiger partial charge in [0.15, 0.2) is 0 Å². The molecule has 116 valence electrons. The first-order chi connectivity index (χ1) is 10.5. The van der Waals surface area contributed by atoms with Crippen LogP contribution in [0.2, 0.25) is 0 Å². The third kappa shape index (κ3) is 3.88. The quantitative estimate of drug-likeness (QED) is 0.785. The van der Waals surface area contributed by atoms with Gasteiger partial charge in [-0.1, -0.05) is 32.0 Å². The molecule has 1 atom stereocenters. The molecule has 0 aliphatic heterocycles. The van der Waals surface area contributed by atoms with Crippen molar-refractivity contribution in [1.82, 2.24) is 5.16 Å². The zero-order valence-electron chi connectivity index (χ0n) is 13.6. The van der Waals surface area contributed by atoms with Crippen LogP contribution >= 0.6 is 0 Å². The van der Waals surface area contributed by atoms with Crippen molar-refractivity contribution >= 4 is 0 Å². The fourth-order valence-corrected chi connectivity index (χ4v) is 2.23. The Morgan fingerprint density at radius 2 is 2.05 bits per heavy atom. The molecule has 0 saturated carbocycles. The molecule has 0 amide bonds. The summed E-state index contributed by atoms with van der Waals surface area (Å²) in [5.41, 5.74) is 2.68. The Kier molecular flexibility index (Phi) is 5.21. The average Bonchev–Trinajstić information content (AvgIpc) is 2.93. The molecule has 1 aromatic heterocycles. The predicted molar refractivity (Wildman–Crippen MR) is 85.0 cm³/mol. The molecule has 2 rings (SSSR count). The Morgan fingerprint density at radius 3 is 2.64 bits per heavy atom. The number of aromatic nitrogens is 1. The summed E-state index contributed by atoms with van der Waals surface area (Å²) in [5, 5.41) is 13.3. The zero-order chi connectivity index (χ0) is 16.1. The highest BCUT2D eigenvalue weighted by Gasteiger charge is 2.12. The molecule has 0 radical (unpaired) electrons. The van der Waals surface area contributed by atoms with E-state index in [0.717, 1.165) is 23.4 Å². The summed E-state index contributed by atoms with van der Waals surface area (Å²) < 4.78 is 10.9. The minimum Gasteiger partial charge on any atom is -0.492 e. The van der Waals surface area contributed by atoms with Crippen LogP contribution in [0.15, 0.2) is 28.8 Å². The molecule has 0 saturated heterocycles. The van der Waals surface area contributed by atoms with Crippen molar-refractivity contribution in [2.24, 2.45) is 0 Å². The second kappa shape index (κ2) is 7.13. The molecular weight excluding hydrogens is 276 g/mol. The summed E-state index contributed by atoms with van der Waals surface area (Å²) in [6.45, 7) is 8.74. The summed E-state index contributed by atoms with van der Waals surface area (Å²) in [6, 6.07) is 9.97. The summed E-state index contributed by atoms with van der Waals surface area (Å²) >= 11 is 0. The predicted octanol–water partition coefficient (Wildman–Crippen LogP) is 4.55. The van der Waals surface area contributed by atoms with E-state index in [2.05, 4.69) is 32.0 Å². The first-order valence-electron chi connectivity index (χ1n) is 7.61. The van der Waals surface area contributed by atoms with Gasteiger partial charge in [0.25, 0.3) is 0 Å². The van der Waals surface area contributed by atoms with Gasteiger partial charge in [0.05, 0.1) is 17.9 Å². The number of ether oxygens (including phenoxy) is 1. The molecule has 1 aromatic carbocycles. The third-order valence-corrected chi connectivity index (χ3v) is 3.75. The minimum atomic E-state index is 0.262. The highest BCUT2D eigenvalue weighted by Crippen LogP contribution is 2.25. The van der Waals surface area contributed by atoms with E-state index in [1.165, 1.54) is 0 Å². The van der Waals surface area contributed by atoms with Gasteiger partial charge >= 0.3 is 0 Å². The number of hydrogen-bond donors (Lipinski definition) is 0. The van der Waals surface area contributed by atoms with Gasteiger partial charge in [0.1, 0.15) is 17.6 Å². The first-order valence-corrected chi connectivity index (χ1v) is 7.61. The SMILES string of the molecule is Cc1cc(C(C)CCOc2ccc(C(C)C)cc2C#N)no1. The normalized spacial score (nSPS) is 12.2. The second-order valence-electron chi connectivity index (χ2n) is 5.92. The smallest absolute Gasteiger partial charge is 0.137 e. The van der Waals surface area contributed by atoms with E-state index in [1.54, 1.807) is 0 Å². The molecule has 0 bridgehead atoms. The van der Waals surface area contributed by atoms with E-state index in [9.17, 15) is 5.26 Å². The molecule has 22 heavy (non-hydrogen) atoms. The number of benzene rings is 1. The van der Waals surface area contributed by atoms with Crippen LogP contribution in [0.5, 0.6) is 5.75 Å². The van der Waals surface area contributed by atoms with Crippen molar-refractivity contribution in [1.29, 1.82) is 5.26 Å². The lowest BCUT2D eigenvalue weighted by atomic mass is 10.0. The van der Waals surface area contributed by atoms with Gasteiger partial charge < -0.3 is 9.26 Å². The van der Waals surface area contributed by atoms with Gasteiger partial charge in [-0.3, -0.25) is 0 Å². The van der Waals surface area contributed by atoms with Crippen molar-refractivity contribution in [2.75, 3.05) is 6.61 Å². The van der Waals surface area contributed by atoms with Crippen LogP contribution in [0, 0.1) is 18.3 Å². The van der Waals surface area contributed by atoms with E-state index >= 15 is 0 Å². The monoisotopic (exact) mass is 298 g/mol. The van der Waals surface area contributed by atoms with Gasteiger partial charge in [0, 0.05) is 12.0 Å². The molecule has 0 aliphatic carbocycles. The first kappa shape index (κ1) is 16.1. The molecule has 0 N–H and O–H groups in total. The van der Waals surface area contributed by atoms with Crippen molar-refractivity contribution in [3.8, 4) is 11.8 Å². The maximum Gasteiger partial charge on any atom is 0.137 e. The van der Waals surface area contributed by atoms with Gasteiger partial charge in [-0.2, -0.15) is 5.26 Å². The fraction of sp³-hybridized carbons (Fsp3) is 0.444. The van der Waals surface area contributed by atoms with Gasteiger partial charge in [0.2, 0.25) is 0 Å². The summed E-state index contributed by atoms with van der Waals surface area (Å²) in [6.07, 6.45) is 0.822. The van der Waals surface area contributed by atoms with E-state index in [-0.39, 0.29) is 5.92 Å². The average molecular weight is 298 g/mol. The largest absolute Gasteiger partial charge is 0.492 e. The Hall–Kier alpha value is -2.28. The number of hydrogen-bond acceptors (Lipinski definition) is 4. The molecular formula is C18H22N2O2. The van der Waals surface area contributed by atoms with Crippen LogP contribution in [0.4, 0.5) is 0 Å². The topological polar surface area (TPSA) is 59.0 Å². The van der Waals surface area contributed by atoms with Crippen LogP contribution in [-0.4, -0.2) is 11.8 Å². The van der Waals surface area contributed by atoms with Gasteiger partial charge in [-0.15, -0.1) is 0 Å². The molecule has 2 aromatic rings. The van der Waals surface area contributed by atoms with E-state index < -0.39 is 0 Å². The standard InChI is InChI=1S/C18H22N2O2/c1-12(2)15-5-6-18(16(10-15)11-19)21-8-7-13(3)17-9-14(4)22-20-17/h5-6,9-10,12-13H,7-8H2,1-4H3. The summed E-state index contributed by atoms with van der Waals surface area (Å²) in [5.74, 6) is 2.13. The second-order valence-corrected chi connectivity index (χ2v) is 5.92. The van der Waals surface area contributed by atoms with Crippen molar-refractivity contribution < 1.29 is 9.26 Å². The van der Waals surface area contributed by atoms with Crippen LogP contribution < -0.4 is 4.74 Å². The lowest BCUT2D eigenvalue weighted by molar-refractivity contribution is 0.296. The van der Waals surface area contributed by atoms with Crippen molar-refractivity contribution in [3.63, 3.8) is 0 Å². The van der Waals surface area contributed by atoms with Gasteiger partial charge in [-0.05, 0) is 37.0 Å². The molecule has 4 nitrogen and oxygen atoms in total. The Balaban J connectivity index is 1.95. The van der Waals surface area contributed by atoms with E-state index in [4.69, 9.17) is 9.26 Å². The van der Waals surface area contributed by atoms with Crippen LogP contribution in [0.3, 0.4) is 0 Å². The lowest BCUT2D eigenvalue weighted by Gasteiger charge is -2.12. The van der Waals surface area contributed by atoms with Crippen molar-refractivity contribution in [2.45, 2.75) is 46.0 Å². The van der Waals surface area contributed by atoms with Crippen LogP contribution in [-0.2, 0) is 0 Å². The van der Waals surface area contributed by atoms with Crippen LogP contribution in [0.25, 0.3) is 0 Å². The van der Waals surface area contributed by atoms with E-state index in [0.29, 0.717) is 23.8 Å². The minimum absolute atomic E-state index is 0.262. The Morgan fingerprint density at radius 1 is 1.27 bits per heavy atom. The van der Waals surface area contributed by atoms with E-state index in [1.807, 2.05) is 31.2 Å². The maximum absolute atomic E-state index is 9.26. The molecule has 1 unspecified atom stereocenters. The molecule has 1 heterocycles. The number of nitrogens with zero attached hydrogens (tertiary/aromatic N) is 2.